The van der Waals surface area contributed by atoms with Crippen molar-refractivity contribution in [2.45, 2.75) is 0 Å². The lowest BCUT2D eigenvalue weighted by Crippen LogP contribution is -2.05. The Morgan fingerprint density at radius 2 is 1.80 bits per heavy atom. The molecule has 0 spiro atoms. The maximum Gasteiger partial charge on any atom is 0.264 e. The maximum atomic E-state index is 11.5. The predicted molar refractivity (Wildman–Crippen MR) is 79.0 cm³/mol. The Morgan fingerprint density at radius 1 is 0.950 bits per heavy atom. The number of phenolic OH excluding ortho intramolecular Hbond substituents is 1. The molecule has 0 radical (unpaired) electrons. The van der Waals surface area contributed by atoms with Crippen LogP contribution in [0.1, 0.15) is 0 Å². The fourth-order valence-corrected chi connectivity index (χ4v) is 2.72. The first kappa shape index (κ1) is 11.0. The zero-order valence-corrected chi connectivity index (χ0v) is 10.4. The van der Waals surface area contributed by atoms with Gasteiger partial charge in [0.2, 0.25) is 0 Å². The predicted octanol–water partition coefficient (Wildman–Crippen LogP) is 2.94. The van der Waals surface area contributed by atoms with Gasteiger partial charge in [0.15, 0.2) is 0 Å². The molecule has 0 bridgehead atoms. The highest BCUT2D eigenvalue weighted by Crippen LogP contribution is 2.36. The van der Waals surface area contributed by atoms with E-state index in [4.69, 9.17) is 0 Å². The minimum absolute atomic E-state index is 0.164. The molecule has 96 valence electrons. The number of benzene rings is 3. The minimum atomic E-state index is -0.280. The second-order valence-corrected chi connectivity index (χ2v) is 4.77. The lowest BCUT2D eigenvalue weighted by Gasteiger charge is -2.08. The molecular weight excluding hydrogens is 252 g/mol. The highest BCUT2D eigenvalue weighted by atomic mass is 16.3. The number of aromatic hydroxyl groups is 1. The van der Waals surface area contributed by atoms with E-state index < -0.39 is 0 Å². The van der Waals surface area contributed by atoms with Crippen molar-refractivity contribution in [1.82, 2.24) is 10.2 Å². The molecule has 0 saturated heterocycles. The van der Waals surface area contributed by atoms with E-state index in [2.05, 4.69) is 10.2 Å². The van der Waals surface area contributed by atoms with Gasteiger partial charge in [-0.05, 0) is 28.3 Å². The average molecular weight is 262 g/mol. The Morgan fingerprint density at radius 3 is 2.70 bits per heavy atom. The van der Waals surface area contributed by atoms with Crippen LogP contribution < -0.4 is 5.56 Å². The molecular formula is C16H10N2O2. The molecule has 4 rings (SSSR count). The van der Waals surface area contributed by atoms with Crippen LogP contribution in [0.2, 0.25) is 0 Å². The van der Waals surface area contributed by atoms with Gasteiger partial charge in [-0.3, -0.25) is 4.79 Å². The fourth-order valence-electron chi connectivity index (χ4n) is 2.72. The lowest BCUT2D eigenvalue weighted by atomic mass is 9.98. The molecule has 0 fully saturated rings. The molecule has 1 aromatic heterocycles. The topological polar surface area (TPSA) is 66.0 Å². The third-order valence-corrected chi connectivity index (χ3v) is 3.58. The normalized spacial score (nSPS) is 11.4. The van der Waals surface area contributed by atoms with E-state index in [1.165, 1.54) is 6.07 Å². The largest absolute Gasteiger partial charge is 0.507 e. The van der Waals surface area contributed by atoms with Crippen LogP contribution in [-0.2, 0) is 0 Å². The van der Waals surface area contributed by atoms with Gasteiger partial charge >= 0.3 is 0 Å². The summed E-state index contributed by atoms with van der Waals surface area (Å²) in [5.41, 5.74) is 0.375. The molecule has 0 aliphatic carbocycles. The van der Waals surface area contributed by atoms with Crippen molar-refractivity contribution < 1.29 is 5.11 Å². The first-order chi connectivity index (χ1) is 9.74. The quantitative estimate of drug-likeness (QED) is 0.479. The van der Waals surface area contributed by atoms with Gasteiger partial charge in [0.25, 0.3) is 5.56 Å². The smallest absolute Gasteiger partial charge is 0.264 e. The number of aromatic nitrogens is 2. The van der Waals surface area contributed by atoms with Gasteiger partial charge in [0, 0.05) is 16.8 Å². The van der Waals surface area contributed by atoms with Gasteiger partial charge in [-0.15, -0.1) is 0 Å². The van der Waals surface area contributed by atoms with Gasteiger partial charge in [-0.2, -0.15) is 5.10 Å². The highest BCUT2D eigenvalue weighted by Gasteiger charge is 2.10. The molecule has 0 amide bonds. The molecule has 0 aliphatic rings. The molecule has 0 atom stereocenters. The van der Waals surface area contributed by atoms with Crippen LogP contribution in [0.25, 0.3) is 32.4 Å². The molecule has 1 heterocycles. The summed E-state index contributed by atoms with van der Waals surface area (Å²) in [6, 6.07) is 14.8. The molecule has 4 heteroatoms. The van der Waals surface area contributed by atoms with Gasteiger partial charge in [-0.25, -0.2) is 5.10 Å². The number of H-pyrrole nitrogens is 1. The number of rotatable bonds is 0. The van der Waals surface area contributed by atoms with E-state index in [-0.39, 0.29) is 11.3 Å². The fraction of sp³-hybridized carbons (Fsp3) is 0. The lowest BCUT2D eigenvalue weighted by molar-refractivity contribution is 0.483. The molecule has 3 aromatic carbocycles. The van der Waals surface area contributed by atoms with Crippen LogP contribution >= 0.6 is 0 Å². The van der Waals surface area contributed by atoms with Gasteiger partial charge in [-0.1, -0.05) is 30.3 Å². The molecule has 0 aliphatic heterocycles. The summed E-state index contributed by atoms with van der Waals surface area (Å²) in [5, 5.41) is 21.0. The van der Waals surface area contributed by atoms with Gasteiger partial charge in [0.05, 0.1) is 5.52 Å². The SMILES string of the molecule is O=c1cc2c(ccc3c4ccccc4cc(O)c23)n[nH]1. The van der Waals surface area contributed by atoms with E-state index >= 15 is 0 Å². The van der Waals surface area contributed by atoms with E-state index in [9.17, 15) is 9.90 Å². The summed E-state index contributed by atoms with van der Waals surface area (Å²) in [5.74, 6) is 0.164. The summed E-state index contributed by atoms with van der Waals surface area (Å²) in [7, 11) is 0. The highest BCUT2D eigenvalue weighted by molar-refractivity contribution is 6.19. The molecule has 2 N–H and O–H groups in total. The zero-order valence-electron chi connectivity index (χ0n) is 10.4. The number of hydrogen-bond donors (Lipinski definition) is 2. The number of nitrogens with zero attached hydrogens (tertiary/aromatic N) is 1. The Hall–Kier alpha value is -2.88. The molecule has 4 nitrogen and oxygen atoms in total. The number of nitrogens with one attached hydrogen (secondary N) is 1. The second kappa shape index (κ2) is 3.81. The van der Waals surface area contributed by atoms with Crippen LogP contribution in [0.3, 0.4) is 0 Å². The van der Waals surface area contributed by atoms with Crippen molar-refractivity contribution in [1.29, 1.82) is 0 Å². The Labute approximate surface area is 113 Å². The zero-order chi connectivity index (χ0) is 13.7. The number of fused-ring (bicyclic) bond motifs is 5. The van der Waals surface area contributed by atoms with Crippen LogP contribution in [0.15, 0.2) is 53.3 Å². The summed E-state index contributed by atoms with van der Waals surface area (Å²) in [6.45, 7) is 0. The summed E-state index contributed by atoms with van der Waals surface area (Å²) in [6.07, 6.45) is 0. The Bertz CT molecular complexity index is 1030. The Balaban J connectivity index is 2.36. The number of phenols is 1. The number of aromatic amines is 1. The minimum Gasteiger partial charge on any atom is -0.507 e. The van der Waals surface area contributed by atoms with E-state index in [0.717, 1.165) is 16.2 Å². The van der Waals surface area contributed by atoms with E-state index in [1.54, 1.807) is 6.07 Å². The molecule has 20 heavy (non-hydrogen) atoms. The first-order valence-electron chi connectivity index (χ1n) is 6.27. The third-order valence-electron chi connectivity index (χ3n) is 3.58. The third kappa shape index (κ3) is 1.42. The standard InChI is InChI=1S/C16H10N2O2/c19-14-7-9-3-1-2-4-10(9)11-5-6-13-12(16(11)14)8-15(20)18-17-13/h1-8,19H,(H,18,20). The van der Waals surface area contributed by atoms with Crippen LogP contribution in [0, 0.1) is 0 Å². The van der Waals surface area contributed by atoms with Crippen LogP contribution in [0.4, 0.5) is 0 Å². The van der Waals surface area contributed by atoms with Crippen molar-refractivity contribution in [3.05, 3.63) is 58.9 Å². The van der Waals surface area contributed by atoms with E-state index in [0.29, 0.717) is 16.3 Å². The first-order valence-corrected chi connectivity index (χ1v) is 6.27. The van der Waals surface area contributed by atoms with Crippen LogP contribution in [-0.4, -0.2) is 15.3 Å². The van der Waals surface area contributed by atoms with Crippen LogP contribution in [0.5, 0.6) is 5.75 Å². The molecule has 0 saturated carbocycles. The van der Waals surface area contributed by atoms with Crippen molar-refractivity contribution in [3.63, 3.8) is 0 Å². The second-order valence-electron chi connectivity index (χ2n) is 4.77. The van der Waals surface area contributed by atoms with Crippen molar-refractivity contribution in [2.75, 3.05) is 0 Å². The molecule has 4 aromatic rings. The maximum absolute atomic E-state index is 11.5. The average Bonchev–Trinajstić information content (AvgIpc) is 2.46. The summed E-state index contributed by atoms with van der Waals surface area (Å²) < 4.78 is 0. The van der Waals surface area contributed by atoms with Gasteiger partial charge in [0.1, 0.15) is 5.75 Å². The monoisotopic (exact) mass is 262 g/mol. The van der Waals surface area contributed by atoms with Crippen molar-refractivity contribution in [3.8, 4) is 5.75 Å². The summed E-state index contributed by atoms with van der Waals surface area (Å²) in [4.78, 5) is 11.5. The van der Waals surface area contributed by atoms with Crippen molar-refractivity contribution in [2.24, 2.45) is 0 Å². The molecule has 0 unspecified atom stereocenters. The Kier molecular flexibility index (Phi) is 2.09. The number of hydrogen-bond acceptors (Lipinski definition) is 3. The van der Waals surface area contributed by atoms with Crippen molar-refractivity contribution >= 4 is 32.4 Å². The van der Waals surface area contributed by atoms with Gasteiger partial charge < -0.3 is 5.11 Å². The summed E-state index contributed by atoms with van der Waals surface area (Å²) >= 11 is 0. The van der Waals surface area contributed by atoms with E-state index in [1.807, 2.05) is 36.4 Å².